The van der Waals surface area contributed by atoms with E-state index in [0.717, 1.165) is 6.92 Å². The number of carbonyl (C=O) groups excluding carboxylic acids is 3. The molecule has 1 aliphatic heterocycles. The molecule has 0 radical (unpaired) electrons. The molecule has 6 rings (SSSR count). The number of methoxy groups -OCH3 is 1. The topological polar surface area (TPSA) is 221 Å². The molecule has 6 atom stereocenters. The first-order chi connectivity index (χ1) is 21.3. The number of fused-ring (bicyclic) bond motifs is 3. The number of nitro groups is 1. The van der Waals surface area contributed by atoms with E-state index in [9.17, 15) is 44.9 Å². The van der Waals surface area contributed by atoms with Crippen LogP contribution in [-0.2, 0) is 20.7 Å². The van der Waals surface area contributed by atoms with Crippen molar-refractivity contribution in [3.05, 3.63) is 74.1 Å². The number of hydrogen-bond acceptors (Lipinski definition) is 13. The fraction of sp³-hybridized carbons (Fsp3) is 0.400. The van der Waals surface area contributed by atoms with Crippen LogP contribution in [0.4, 0.5) is 5.95 Å². The summed E-state index contributed by atoms with van der Waals surface area (Å²) in [5.41, 5.74) is -3.56. The zero-order chi connectivity index (χ0) is 32.5. The van der Waals surface area contributed by atoms with Gasteiger partial charge in [-0.15, -0.1) is 0 Å². The third kappa shape index (κ3) is 4.58. The van der Waals surface area contributed by atoms with E-state index in [1.165, 1.54) is 49.2 Å². The molecule has 45 heavy (non-hydrogen) atoms. The second kappa shape index (κ2) is 10.7. The lowest BCUT2D eigenvalue weighted by molar-refractivity contribution is -0.398. The molecule has 2 aromatic carbocycles. The Kier molecular flexibility index (Phi) is 7.23. The Balaban J connectivity index is 1.46. The predicted molar refractivity (Wildman–Crippen MR) is 150 cm³/mol. The van der Waals surface area contributed by atoms with E-state index in [-0.39, 0.29) is 34.4 Å². The van der Waals surface area contributed by atoms with Gasteiger partial charge in [0.05, 0.1) is 36.0 Å². The minimum atomic E-state index is -2.11. The molecule has 1 aromatic heterocycles. The molecule has 0 bridgehead atoms. The van der Waals surface area contributed by atoms with Crippen molar-refractivity contribution in [2.24, 2.45) is 0 Å². The van der Waals surface area contributed by atoms with Crippen molar-refractivity contribution in [2.75, 3.05) is 7.11 Å². The number of imidazole rings is 1. The zero-order valence-electron chi connectivity index (χ0n) is 24.3. The van der Waals surface area contributed by atoms with Crippen LogP contribution in [0.3, 0.4) is 0 Å². The molecular formula is C30H29N3O12. The van der Waals surface area contributed by atoms with Gasteiger partial charge in [0.2, 0.25) is 5.78 Å². The maximum absolute atomic E-state index is 13.8. The number of aliphatic hydroxyl groups excluding tert-OH is 1. The van der Waals surface area contributed by atoms with Gasteiger partial charge >= 0.3 is 5.95 Å². The molecular weight excluding hydrogens is 594 g/mol. The molecule has 15 heteroatoms. The maximum Gasteiger partial charge on any atom is 0.434 e. The summed E-state index contributed by atoms with van der Waals surface area (Å²) in [5, 5.41) is 56.9. The molecule has 0 saturated carbocycles. The van der Waals surface area contributed by atoms with Crippen molar-refractivity contribution in [3.8, 4) is 17.2 Å². The van der Waals surface area contributed by atoms with Crippen molar-refractivity contribution in [1.29, 1.82) is 0 Å². The molecule has 0 spiro atoms. The molecule has 4 N–H and O–H groups in total. The largest absolute Gasteiger partial charge is 0.507 e. The summed E-state index contributed by atoms with van der Waals surface area (Å²) >= 11 is 0. The number of phenols is 2. The number of aromatic hydroxyl groups is 2. The normalized spacial score (nSPS) is 27.4. The van der Waals surface area contributed by atoms with E-state index in [1.54, 1.807) is 0 Å². The first-order valence-corrected chi connectivity index (χ1v) is 14.1. The van der Waals surface area contributed by atoms with E-state index in [2.05, 4.69) is 4.98 Å². The number of carbonyl (C=O) groups is 3. The standard InChI is InChI=1S/C30H29N3O12/c1-12-24(35)16(32-8-7-31-29(32)33(41)42)9-19(44-12)45-18-11-30(40,13(2)34)10-15-21(18)28(39)23-22(26(15)37)25(36)14-5-4-6-17(43-3)20(14)27(23)38/h4-8,12,16,18-19,24,35,37,39-40H,9-11H2,1-3H3/t12-,16-,18-,19-,24+,30-/m0/s1. The lowest BCUT2D eigenvalue weighted by Gasteiger charge is -2.42. The molecule has 3 aromatic rings. The Labute approximate surface area is 254 Å². The van der Waals surface area contributed by atoms with Gasteiger partial charge in [0.25, 0.3) is 0 Å². The number of rotatable bonds is 6. The van der Waals surface area contributed by atoms with E-state index in [1.807, 2.05) is 0 Å². The number of ether oxygens (including phenoxy) is 3. The molecule has 236 valence electrons. The molecule has 0 amide bonds. The summed E-state index contributed by atoms with van der Waals surface area (Å²) in [6.45, 7) is 2.66. The number of Topliss-reactive ketones (excluding diaryl/α,β-unsaturated/α-hetero) is 1. The van der Waals surface area contributed by atoms with Crippen molar-refractivity contribution in [2.45, 2.75) is 69.4 Å². The molecule has 2 aliphatic carbocycles. The molecule has 1 fully saturated rings. The van der Waals surface area contributed by atoms with Gasteiger partial charge in [0.15, 0.2) is 17.9 Å². The van der Waals surface area contributed by atoms with Gasteiger partial charge in [0, 0.05) is 36.0 Å². The number of hydrogen-bond donors (Lipinski definition) is 4. The zero-order valence-corrected chi connectivity index (χ0v) is 24.3. The van der Waals surface area contributed by atoms with E-state index in [4.69, 9.17) is 14.2 Å². The van der Waals surface area contributed by atoms with Gasteiger partial charge in [-0.3, -0.25) is 14.4 Å². The fourth-order valence-electron chi connectivity index (χ4n) is 6.58. The van der Waals surface area contributed by atoms with Crippen LogP contribution in [0.5, 0.6) is 17.2 Å². The fourth-order valence-corrected chi connectivity index (χ4v) is 6.58. The van der Waals surface area contributed by atoms with Gasteiger partial charge in [0.1, 0.15) is 47.4 Å². The average Bonchev–Trinajstić information content (AvgIpc) is 3.49. The summed E-state index contributed by atoms with van der Waals surface area (Å²) in [6, 6.07) is 3.41. The monoisotopic (exact) mass is 623 g/mol. The molecule has 1 saturated heterocycles. The van der Waals surface area contributed by atoms with Gasteiger partial charge in [-0.2, -0.15) is 0 Å². The minimum Gasteiger partial charge on any atom is -0.507 e. The number of benzene rings is 2. The second-order valence-electron chi connectivity index (χ2n) is 11.4. The first kappa shape index (κ1) is 30.3. The summed E-state index contributed by atoms with van der Waals surface area (Å²) in [5.74, 6) is -4.07. The van der Waals surface area contributed by atoms with Crippen LogP contribution in [0, 0.1) is 10.1 Å². The Morgan fingerprint density at radius 1 is 1.18 bits per heavy atom. The number of nitrogens with zero attached hydrogens (tertiary/aromatic N) is 3. The predicted octanol–water partition coefficient (Wildman–Crippen LogP) is 2.05. The molecule has 0 unspecified atom stereocenters. The Morgan fingerprint density at radius 2 is 1.89 bits per heavy atom. The summed E-state index contributed by atoms with van der Waals surface area (Å²) < 4.78 is 18.5. The highest BCUT2D eigenvalue weighted by molar-refractivity contribution is 6.31. The van der Waals surface area contributed by atoms with Crippen molar-refractivity contribution < 1.29 is 53.9 Å². The van der Waals surface area contributed by atoms with Crippen LogP contribution in [0.2, 0.25) is 0 Å². The number of aromatic nitrogens is 2. The SMILES string of the molecule is COc1cccc2c1C(=O)c1c(O)c3c(c(O)c1C2=O)C[C@@](O)(C(C)=O)C[C@@H]3O[C@H]1C[C@H](n2ccnc2[N+](=O)[O-])[C@H](O)[C@H](C)O1. The summed E-state index contributed by atoms with van der Waals surface area (Å²) in [7, 11) is 1.31. The molecule has 3 aliphatic rings. The third-order valence-electron chi connectivity index (χ3n) is 8.89. The Bertz CT molecular complexity index is 1780. The highest BCUT2D eigenvalue weighted by Crippen LogP contribution is 2.52. The maximum atomic E-state index is 13.8. The lowest BCUT2D eigenvalue weighted by Crippen LogP contribution is -2.48. The highest BCUT2D eigenvalue weighted by Gasteiger charge is 2.50. The van der Waals surface area contributed by atoms with E-state index in [0.29, 0.717) is 0 Å². The highest BCUT2D eigenvalue weighted by atomic mass is 16.7. The van der Waals surface area contributed by atoms with Gasteiger partial charge < -0.3 is 44.8 Å². The van der Waals surface area contributed by atoms with Crippen LogP contribution >= 0.6 is 0 Å². The first-order valence-electron chi connectivity index (χ1n) is 14.1. The van der Waals surface area contributed by atoms with Gasteiger partial charge in [-0.25, -0.2) is 4.57 Å². The Hall–Kier alpha value is -4.70. The van der Waals surface area contributed by atoms with Crippen LogP contribution in [0.15, 0.2) is 30.6 Å². The third-order valence-corrected chi connectivity index (χ3v) is 8.89. The molecule has 15 nitrogen and oxygen atoms in total. The number of phenolic OH excluding ortho intramolecular Hbond substituents is 2. The van der Waals surface area contributed by atoms with E-state index < -0.39 is 99.9 Å². The van der Waals surface area contributed by atoms with Crippen molar-refractivity contribution >= 4 is 23.3 Å². The smallest absolute Gasteiger partial charge is 0.434 e. The van der Waals surface area contributed by atoms with Crippen LogP contribution in [0.25, 0.3) is 0 Å². The van der Waals surface area contributed by atoms with Crippen LogP contribution in [-0.4, -0.2) is 83.5 Å². The Morgan fingerprint density at radius 3 is 2.56 bits per heavy atom. The quantitative estimate of drug-likeness (QED) is 0.137. The number of ketones is 3. The average molecular weight is 624 g/mol. The van der Waals surface area contributed by atoms with Crippen LogP contribution in [0.1, 0.15) is 81.8 Å². The van der Waals surface area contributed by atoms with Crippen molar-refractivity contribution in [1.82, 2.24) is 9.55 Å². The second-order valence-corrected chi connectivity index (χ2v) is 11.4. The minimum absolute atomic E-state index is 0.0604. The van der Waals surface area contributed by atoms with Gasteiger partial charge in [-0.1, -0.05) is 17.1 Å². The lowest BCUT2D eigenvalue weighted by atomic mass is 9.72. The van der Waals surface area contributed by atoms with Crippen molar-refractivity contribution in [3.63, 3.8) is 0 Å². The summed E-state index contributed by atoms with van der Waals surface area (Å²) in [4.78, 5) is 54.7. The van der Waals surface area contributed by atoms with Gasteiger partial charge in [-0.05, 0) is 24.8 Å². The van der Waals surface area contributed by atoms with E-state index >= 15 is 0 Å². The summed E-state index contributed by atoms with van der Waals surface area (Å²) in [6.07, 6.45) is -3.29. The van der Waals surface area contributed by atoms with Crippen LogP contribution < -0.4 is 4.74 Å². The molecule has 2 heterocycles. The number of aliphatic hydroxyl groups is 2.